The standard InChI is InChI=1S/C20H17N5O5/c26-19(22-14-4-1-3-13(11-14)16-8-9-21-23-16)5-2-10-24-17-7-6-15(25(28)29)12-18(17)30-20(24)27/h1,3-4,6-9,11-12H,2,5,10H2,(H,21,23)(H,22,26). The third kappa shape index (κ3) is 3.97. The monoisotopic (exact) mass is 407 g/mol. The molecule has 2 aromatic carbocycles. The summed E-state index contributed by atoms with van der Waals surface area (Å²) in [5.41, 5.74) is 2.85. The highest BCUT2D eigenvalue weighted by Gasteiger charge is 2.14. The van der Waals surface area contributed by atoms with Crippen LogP contribution in [-0.4, -0.2) is 25.6 Å². The number of oxazole rings is 1. The van der Waals surface area contributed by atoms with Crippen LogP contribution in [0.5, 0.6) is 0 Å². The average Bonchev–Trinajstić information content (AvgIpc) is 3.36. The molecule has 0 saturated carbocycles. The van der Waals surface area contributed by atoms with E-state index in [4.69, 9.17) is 4.42 Å². The number of nitrogens with one attached hydrogen (secondary N) is 2. The smallest absolute Gasteiger partial charge is 0.407 e. The summed E-state index contributed by atoms with van der Waals surface area (Å²) in [4.78, 5) is 34.6. The third-order valence-corrected chi connectivity index (χ3v) is 4.61. The lowest BCUT2D eigenvalue weighted by Gasteiger charge is -2.07. The normalized spacial score (nSPS) is 10.9. The first-order chi connectivity index (χ1) is 14.5. The summed E-state index contributed by atoms with van der Waals surface area (Å²) >= 11 is 0. The second kappa shape index (κ2) is 8.03. The lowest BCUT2D eigenvalue weighted by Crippen LogP contribution is -2.17. The van der Waals surface area contributed by atoms with E-state index in [1.165, 1.54) is 22.8 Å². The van der Waals surface area contributed by atoms with Crippen molar-refractivity contribution in [1.29, 1.82) is 0 Å². The zero-order valence-corrected chi connectivity index (χ0v) is 15.7. The Morgan fingerprint density at radius 3 is 2.87 bits per heavy atom. The number of carbonyl (C=O) groups is 1. The zero-order valence-electron chi connectivity index (χ0n) is 15.7. The van der Waals surface area contributed by atoms with E-state index >= 15 is 0 Å². The van der Waals surface area contributed by atoms with Crippen LogP contribution in [-0.2, 0) is 11.3 Å². The summed E-state index contributed by atoms with van der Waals surface area (Å²) in [6.45, 7) is 0.255. The van der Waals surface area contributed by atoms with Gasteiger partial charge in [-0.1, -0.05) is 12.1 Å². The number of nitro groups is 1. The van der Waals surface area contributed by atoms with Crippen molar-refractivity contribution in [3.63, 3.8) is 0 Å². The topological polar surface area (TPSA) is 136 Å². The second-order valence-electron chi connectivity index (χ2n) is 6.63. The number of carbonyl (C=O) groups excluding carboxylic acids is 1. The lowest BCUT2D eigenvalue weighted by molar-refractivity contribution is -0.384. The van der Waals surface area contributed by atoms with Crippen LogP contribution in [0.1, 0.15) is 12.8 Å². The SMILES string of the molecule is O=C(CCCn1c(=O)oc2cc([N+](=O)[O-])ccc21)Nc1cccc(-c2ccn[nH]2)c1. The van der Waals surface area contributed by atoms with Crippen LogP contribution < -0.4 is 11.1 Å². The van der Waals surface area contributed by atoms with Crippen LogP contribution >= 0.6 is 0 Å². The minimum absolute atomic E-state index is 0.147. The number of benzene rings is 2. The van der Waals surface area contributed by atoms with Gasteiger partial charge in [0, 0.05) is 36.5 Å². The van der Waals surface area contributed by atoms with Gasteiger partial charge in [0.2, 0.25) is 5.91 Å². The van der Waals surface area contributed by atoms with Crippen molar-refractivity contribution in [3.05, 3.63) is 75.4 Å². The number of nitrogens with zero attached hydrogens (tertiary/aromatic N) is 3. The van der Waals surface area contributed by atoms with E-state index in [2.05, 4.69) is 15.5 Å². The Bertz CT molecular complexity index is 1270. The van der Waals surface area contributed by atoms with E-state index in [1.807, 2.05) is 24.3 Å². The number of aryl methyl sites for hydroxylation is 1. The Morgan fingerprint density at radius 1 is 1.23 bits per heavy atom. The maximum atomic E-state index is 12.3. The fourth-order valence-corrected chi connectivity index (χ4v) is 3.18. The number of anilines is 1. The summed E-state index contributed by atoms with van der Waals surface area (Å²) in [5, 5.41) is 20.5. The van der Waals surface area contributed by atoms with Crippen molar-refractivity contribution >= 4 is 28.4 Å². The van der Waals surface area contributed by atoms with Gasteiger partial charge in [0.25, 0.3) is 5.69 Å². The van der Waals surface area contributed by atoms with E-state index < -0.39 is 10.7 Å². The molecule has 0 saturated heterocycles. The summed E-state index contributed by atoms with van der Waals surface area (Å²) in [6, 6.07) is 13.2. The maximum Gasteiger partial charge on any atom is 0.419 e. The van der Waals surface area contributed by atoms with Crippen molar-refractivity contribution in [2.24, 2.45) is 0 Å². The molecule has 0 bridgehead atoms. The van der Waals surface area contributed by atoms with Gasteiger partial charge in [-0.3, -0.25) is 24.6 Å². The quantitative estimate of drug-likeness (QED) is 0.356. The third-order valence-electron chi connectivity index (χ3n) is 4.61. The Balaban J connectivity index is 1.38. The first kappa shape index (κ1) is 19.1. The average molecular weight is 407 g/mol. The molecule has 4 aromatic rings. The number of hydrogen-bond donors (Lipinski definition) is 2. The molecule has 2 heterocycles. The molecule has 10 nitrogen and oxygen atoms in total. The fraction of sp³-hybridized carbons (Fsp3) is 0.150. The number of nitro benzene ring substituents is 1. The van der Waals surface area contributed by atoms with Gasteiger partial charge in [0.05, 0.1) is 22.2 Å². The molecule has 10 heteroatoms. The molecular weight excluding hydrogens is 390 g/mol. The Labute approximate surface area is 169 Å². The van der Waals surface area contributed by atoms with Gasteiger partial charge >= 0.3 is 5.76 Å². The van der Waals surface area contributed by atoms with Crippen molar-refractivity contribution in [3.8, 4) is 11.3 Å². The molecule has 0 aliphatic carbocycles. The Kier molecular flexibility index (Phi) is 5.12. The van der Waals surface area contributed by atoms with Crippen molar-refractivity contribution < 1.29 is 14.1 Å². The maximum absolute atomic E-state index is 12.3. The molecule has 0 atom stereocenters. The number of amides is 1. The highest BCUT2D eigenvalue weighted by Crippen LogP contribution is 2.22. The van der Waals surface area contributed by atoms with Gasteiger partial charge < -0.3 is 9.73 Å². The number of aromatic nitrogens is 3. The van der Waals surface area contributed by atoms with Gasteiger partial charge in [0.1, 0.15) is 0 Å². The van der Waals surface area contributed by atoms with Crippen LogP contribution in [0.2, 0.25) is 0 Å². The fourth-order valence-electron chi connectivity index (χ4n) is 3.18. The van der Waals surface area contributed by atoms with Crippen molar-refractivity contribution in [2.75, 3.05) is 5.32 Å². The highest BCUT2D eigenvalue weighted by atomic mass is 16.6. The van der Waals surface area contributed by atoms with E-state index in [0.717, 1.165) is 11.3 Å². The molecule has 152 valence electrons. The van der Waals surface area contributed by atoms with Gasteiger partial charge in [0.15, 0.2) is 5.58 Å². The summed E-state index contributed by atoms with van der Waals surface area (Å²) in [5.74, 6) is -0.800. The van der Waals surface area contributed by atoms with Crippen LogP contribution in [0, 0.1) is 10.1 Å². The molecule has 0 unspecified atom stereocenters. The molecule has 0 aliphatic rings. The molecule has 30 heavy (non-hydrogen) atoms. The number of hydrogen-bond acceptors (Lipinski definition) is 6. The van der Waals surface area contributed by atoms with E-state index in [1.54, 1.807) is 12.3 Å². The van der Waals surface area contributed by atoms with Crippen molar-refractivity contribution in [2.45, 2.75) is 19.4 Å². The molecule has 1 amide bonds. The number of fused-ring (bicyclic) bond motifs is 1. The molecule has 0 spiro atoms. The van der Waals surface area contributed by atoms with Crippen LogP contribution in [0.4, 0.5) is 11.4 Å². The Morgan fingerprint density at radius 2 is 2.10 bits per heavy atom. The molecular formula is C20H17N5O5. The predicted molar refractivity (Wildman–Crippen MR) is 109 cm³/mol. The molecule has 2 N–H and O–H groups in total. The van der Waals surface area contributed by atoms with Crippen LogP contribution in [0.25, 0.3) is 22.4 Å². The van der Waals surface area contributed by atoms with E-state index in [0.29, 0.717) is 17.6 Å². The van der Waals surface area contributed by atoms with Crippen LogP contribution in [0.3, 0.4) is 0 Å². The van der Waals surface area contributed by atoms with Gasteiger partial charge in [-0.2, -0.15) is 5.10 Å². The lowest BCUT2D eigenvalue weighted by atomic mass is 10.1. The van der Waals surface area contributed by atoms with E-state index in [9.17, 15) is 19.7 Å². The second-order valence-corrected chi connectivity index (χ2v) is 6.63. The number of H-pyrrole nitrogens is 1. The minimum atomic E-state index is -0.613. The minimum Gasteiger partial charge on any atom is -0.407 e. The molecule has 0 aliphatic heterocycles. The number of rotatable bonds is 7. The summed E-state index contributed by atoms with van der Waals surface area (Å²) < 4.78 is 6.45. The van der Waals surface area contributed by atoms with E-state index in [-0.39, 0.29) is 30.1 Å². The predicted octanol–water partition coefficient (Wildman–Crippen LogP) is 3.31. The first-order valence-electron chi connectivity index (χ1n) is 9.19. The molecule has 0 fully saturated rings. The number of aromatic amines is 1. The van der Waals surface area contributed by atoms with Crippen LogP contribution in [0.15, 0.2) is 63.9 Å². The Hall–Kier alpha value is -4.21. The summed E-state index contributed by atoms with van der Waals surface area (Å²) in [6.07, 6.45) is 2.25. The van der Waals surface area contributed by atoms with Gasteiger partial charge in [-0.05, 0) is 30.7 Å². The highest BCUT2D eigenvalue weighted by molar-refractivity contribution is 5.91. The zero-order chi connectivity index (χ0) is 21.1. The van der Waals surface area contributed by atoms with Gasteiger partial charge in [-0.25, -0.2) is 4.79 Å². The first-order valence-corrected chi connectivity index (χ1v) is 9.19. The van der Waals surface area contributed by atoms with Gasteiger partial charge in [-0.15, -0.1) is 0 Å². The molecule has 4 rings (SSSR count). The summed E-state index contributed by atoms with van der Waals surface area (Å²) in [7, 11) is 0. The largest absolute Gasteiger partial charge is 0.419 e. The molecule has 0 radical (unpaired) electrons. The molecule has 2 aromatic heterocycles. The van der Waals surface area contributed by atoms with Crippen molar-refractivity contribution in [1.82, 2.24) is 14.8 Å². The number of non-ortho nitro benzene ring substituents is 1.